The molecule has 2 aliphatic heterocycles. The molecule has 2 fully saturated rings. The highest BCUT2D eigenvalue weighted by molar-refractivity contribution is 5.79. The number of aliphatic imine (C=N–C) groups is 1. The first-order chi connectivity index (χ1) is 13.3. The van der Waals surface area contributed by atoms with Crippen molar-refractivity contribution in [2.45, 2.75) is 31.7 Å². The number of guanidine groups is 1. The maximum atomic E-state index is 5.46. The van der Waals surface area contributed by atoms with Crippen LogP contribution >= 0.6 is 0 Å². The van der Waals surface area contributed by atoms with Crippen LogP contribution in [-0.4, -0.2) is 64.4 Å². The first-order valence-electron chi connectivity index (χ1n) is 10.2. The summed E-state index contributed by atoms with van der Waals surface area (Å²) < 4.78 is 10.8. The van der Waals surface area contributed by atoms with E-state index >= 15 is 0 Å². The van der Waals surface area contributed by atoms with Crippen LogP contribution in [0.5, 0.6) is 5.75 Å². The predicted molar refractivity (Wildman–Crippen MR) is 109 cm³/mol. The average Bonchev–Trinajstić information content (AvgIpc) is 3.25. The topological polar surface area (TPSA) is 58.1 Å². The van der Waals surface area contributed by atoms with Crippen molar-refractivity contribution < 1.29 is 9.47 Å². The lowest BCUT2D eigenvalue weighted by Crippen LogP contribution is -2.45. The van der Waals surface area contributed by atoms with Crippen LogP contribution in [0.25, 0.3) is 0 Å². The largest absolute Gasteiger partial charge is 0.497 e. The van der Waals surface area contributed by atoms with Crippen LogP contribution in [0.3, 0.4) is 0 Å². The Hall–Kier alpha value is -1.79. The normalized spacial score (nSPS) is 22.4. The van der Waals surface area contributed by atoms with Crippen molar-refractivity contribution in [1.82, 2.24) is 15.5 Å². The zero-order valence-electron chi connectivity index (χ0n) is 16.7. The molecule has 2 atom stereocenters. The van der Waals surface area contributed by atoms with Crippen LogP contribution in [0.2, 0.25) is 0 Å². The first kappa shape index (κ1) is 20.0. The molecule has 2 saturated heterocycles. The van der Waals surface area contributed by atoms with Crippen molar-refractivity contribution in [2.24, 2.45) is 10.9 Å². The Balaban J connectivity index is 1.60. The lowest BCUT2D eigenvalue weighted by molar-refractivity contribution is 0.164. The van der Waals surface area contributed by atoms with E-state index in [-0.39, 0.29) is 0 Å². The number of hydrogen-bond acceptors (Lipinski definition) is 4. The molecule has 150 valence electrons. The summed E-state index contributed by atoms with van der Waals surface area (Å²) in [4.78, 5) is 7.00. The monoisotopic (exact) mass is 374 g/mol. The Bertz CT molecular complexity index is 578. The Morgan fingerprint density at radius 3 is 2.63 bits per heavy atom. The van der Waals surface area contributed by atoms with Crippen LogP contribution in [0.4, 0.5) is 0 Å². The summed E-state index contributed by atoms with van der Waals surface area (Å²) in [6.45, 7) is 5.80. The molecule has 2 heterocycles. The number of nitrogens with zero attached hydrogens (tertiary/aromatic N) is 2. The van der Waals surface area contributed by atoms with Gasteiger partial charge >= 0.3 is 0 Å². The van der Waals surface area contributed by atoms with Crippen molar-refractivity contribution in [1.29, 1.82) is 0 Å². The van der Waals surface area contributed by atoms with Crippen molar-refractivity contribution in [3.8, 4) is 5.75 Å². The standard InChI is InChI=1S/C21H34N4O2/c1-22-21(23-14-17-10-13-27-16-17)24-15-20(25-11-4-3-5-12-25)18-6-8-19(26-2)9-7-18/h6-9,17,20H,3-5,10-16H2,1-2H3,(H2,22,23,24). The van der Waals surface area contributed by atoms with E-state index < -0.39 is 0 Å². The van der Waals surface area contributed by atoms with E-state index in [1.807, 2.05) is 7.05 Å². The predicted octanol–water partition coefficient (Wildman–Crippen LogP) is 2.42. The molecule has 1 aromatic carbocycles. The van der Waals surface area contributed by atoms with Gasteiger partial charge in [-0.1, -0.05) is 18.6 Å². The zero-order chi connectivity index (χ0) is 18.9. The number of ether oxygens (including phenoxy) is 2. The Morgan fingerprint density at radius 1 is 1.22 bits per heavy atom. The van der Waals surface area contributed by atoms with E-state index in [0.717, 1.165) is 57.5 Å². The molecule has 2 aliphatic rings. The third kappa shape index (κ3) is 5.84. The summed E-state index contributed by atoms with van der Waals surface area (Å²) >= 11 is 0. The maximum Gasteiger partial charge on any atom is 0.191 e. The molecular weight excluding hydrogens is 340 g/mol. The number of rotatable bonds is 7. The summed E-state index contributed by atoms with van der Waals surface area (Å²) in [5.74, 6) is 2.36. The Labute approximate surface area is 163 Å². The van der Waals surface area contributed by atoms with Crippen LogP contribution in [-0.2, 0) is 4.74 Å². The minimum absolute atomic E-state index is 0.338. The van der Waals surface area contributed by atoms with Crippen molar-refractivity contribution in [3.05, 3.63) is 29.8 Å². The van der Waals surface area contributed by atoms with Gasteiger partial charge in [-0.05, 0) is 50.0 Å². The highest BCUT2D eigenvalue weighted by Gasteiger charge is 2.23. The number of piperidine rings is 1. The van der Waals surface area contributed by atoms with Gasteiger partial charge in [-0.2, -0.15) is 0 Å². The average molecular weight is 375 g/mol. The molecule has 0 radical (unpaired) electrons. The van der Waals surface area contributed by atoms with E-state index in [4.69, 9.17) is 9.47 Å². The van der Waals surface area contributed by atoms with Gasteiger partial charge in [0.1, 0.15) is 5.75 Å². The molecule has 2 N–H and O–H groups in total. The van der Waals surface area contributed by atoms with Gasteiger partial charge in [0.25, 0.3) is 0 Å². The number of likely N-dealkylation sites (tertiary alicyclic amines) is 1. The SMILES string of the molecule is CN=C(NCC1CCOC1)NCC(c1ccc(OC)cc1)N1CCCCC1. The van der Waals surface area contributed by atoms with E-state index in [0.29, 0.717) is 12.0 Å². The van der Waals surface area contributed by atoms with Gasteiger partial charge in [0.2, 0.25) is 0 Å². The van der Waals surface area contributed by atoms with Gasteiger partial charge < -0.3 is 20.1 Å². The molecule has 27 heavy (non-hydrogen) atoms. The van der Waals surface area contributed by atoms with Gasteiger partial charge in [-0.25, -0.2) is 0 Å². The molecule has 0 amide bonds. The minimum atomic E-state index is 0.338. The Kier molecular flexibility index (Phi) is 7.78. The molecule has 1 aromatic rings. The third-order valence-electron chi connectivity index (χ3n) is 5.60. The van der Waals surface area contributed by atoms with E-state index in [9.17, 15) is 0 Å². The number of nitrogens with one attached hydrogen (secondary N) is 2. The van der Waals surface area contributed by atoms with Gasteiger partial charge in [-0.3, -0.25) is 9.89 Å². The van der Waals surface area contributed by atoms with E-state index in [1.165, 1.54) is 24.8 Å². The smallest absolute Gasteiger partial charge is 0.191 e. The Morgan fingerprint density at radius 2 is 2.00 bits per heavy atom. The van der Waals surface area contributed by atoms with E-state index in [1.54, 1.807) is 7.11 Å². The molecular formula is C21H34N4O2. The number of methoxy groups -OCH3 is 1. The molecule has 0 spiro atoms. The summed E-state index contributed by atoms with van der Waals surface area (Å²) in [5.41, 5.74) is 1.32. The maximum absolute atomic E-state index is 5.46. The lowest BCUT2D eigenvalue weighted by Gasteiger charge is -2.35. The van der Waals surface area contributed by atoms with Crippen LogP contribution in [0, 0.1) is 5.92 Å². The highest BCUT2D eigenvalue weighted by atomic mass is 16.5. The third-order valence-corrected chi connectivity index (χ3v) is 5.60. The highest BCUT2D eigenvalue weighted by Crippen LogP contribution is 2.25. The van der Waals surface area contributed by atoms with Gasteiger partial charge in [0.15, 0.2) is 5.96 Å². The molecule has 0 saturated carbocycles. The second-order valence-corrected chi connectivity index (χ2v) is 7.45. The summed E-state index contributed by atoms with van der Waals surface area (Å²) in [7, 11) is 3.55. The summed E-state index contributed by atoms with van der Waals surface area (Å²) in [6.07, 6.45) is 5.03. The van der Waals surface area contributed by atoms with Crippen molar-refractivity contribution in [2.75, 3.05) is 53.6 Å². The lowest BCUT2D eigenvalue weighted by atomic mass is 10.0. The van der Waals surface area contributed by atoms with Gasteiger partial charge in [-0.15, -0.1) is 0 Å². The quantitative estimate of drug-likeness (QED) is 0.567. The zero-order valence-corrected chi connectivity index (χ0v) is 16.7. The van der Waals surface area contributed by atoms with Gasteiger partial charge in [0, 0.05) is 32.7 Å². The second kappa shape index (κ2) is 10.5. The van der Waals surface area contributed by atoms with Crippen molar-refractivity contribution >= 4 is 5.96 Å². The molecule has 0 aliphatic carbocycles. The van der Waals surface area contributed by atoms with Crippen LogP contribution in [0.1, 0.15) is 37.3 Å². The molecule has 0 aromatic heterocycles. The molecule has 2 unspecified atom stereocenters. The first-order valence-corrected chi connectivity index (χ1v) is 10.2. The molecule has 6 heteroatoms. The van der Waals surface area contributed by atoms with Crippen LogP contribution in [0.15, 0.2) is 29.3 Å². The fraction of sp³-hybridized carbons (Fsp3) is 0.667. The molecule has 3 rings (SSSR count). The number of hydrogen-bond donors (Lipinski definition) is 2. The number of benzene rings is 1. The van der Waals surface area contributed by atoms with Crippen LogP contribution < -0.4 is 15.4 Å². The summed E-state index contributed by atoms with van der Waals surface area (Å²) in [6, 6.07) is 8.82. The molecule has 0 bridgehead atoms. The van der Waals surface area contributed by atoms with E-state index in [2.05, 4.69) is 44.8 Å². The van der Waals surface area contributed by atoms with Gasteiger partial charge in [0.05, 0.1) is 19.8 Å². The van der Waals surface area contributed by atoms with Crippen molar-refractivity contribution in [3.63, 3.8) is 0 Å². The second-order valence-electron chi connectivity index (χ2n) is 7.45. The summed E-state index contributed by atoms with van der Waals surface area (Å²) in [5, 5.41) is 7.00. The fourth-order valence-corrected chi connectivity index (χ4v) is 3.91. The minimum Gasteiger partial charge on any atom is -0.497 e. The fourth-order valence-electron chi connectivity index (χ4n) is 3.91. The molecule has 6 nitrogen and oxygen atoms in total.